The highest BCUT2D eigenvalue weighted by atomic mass is 79.9. The van der Waals surface area contributed by atoms with Crippen molar-refractivity contribution in [1.29, 1.82) is 0 Å². The molecule has 0 unspecified atom stereocenters. The first-order chi connectivity index (χ1) is 12.5. The summed E-state index contributed by atoms with van der Waals surface area (Å²) in [6, 6.07) is 12.9. The lowest BCUT2D eigenvalue weighted by molar-refractivity contribution is -0.136. The molecule has 2 rings (SSSR count). The molecule has 0 aliphatic rings. The van der Waals surface area contributed by atoms with E-state index < -0.39 is 5.97 Å². The number of rotatable bonds is 8. The van der Waals surface area contributed by atoms with Crippen molar-refractivity contribution in [1.82, 2.24) is 0 Å². The fourth-order valence-electron chi connectivity index (χ4n) is 2.41. The van der Waals surface area contributed by atoms with Crippen LogP contribution in [-0.2, 0) is 16.0 Å². The van der Waals surface area contributed by atoms with Crippen molar-refractivity contribution in [2.75, 3.05) is 13.7 Å². The van der Waals surface area contributed by atoms with Gasteiger partial charge in [0.2, 0.25) is 0 Å². The van der Waals surface area contributed by atoms with Crippen molar-refractivity contribution in [2.24, 2.45) is 0 Å². The van der Waals surface area contributed by atoms with Crippen molar-refractivity contribution in [3.05, 3.63) is 69.7 Å². The van der Waals surface area contributed by atoms with E-state index in [4.69, 9.17) is 9.47 Å². The molecule has 0 bridgehead atoms. The molecular weight excluding hydrogens is 396 g/mol. The molecule has 0 radical (unpaired) electrons. The maximum Gasteiger partial charge on any atom is 0.331 e. The van der Waals surface area contributed by atoms with E-state index in [0.717, 1.165) is 22.9 Å². The number of ether oxygens (including phenoxy) is 2. The van der Waals surface area contributed by atoms with Crippen molar-refractivity contribution in [3.63, 3.8) is 0 Å². The number of carbonyl (C=O) groups excluding carboxylic acids is 2. The predicted molar refractivity (Wildman–Crippen MR) is 105 cm³/mol. The first kappa shape index (κ1) is 19.9. The van der Waals surface area contributed by atoms with Gasteiger partial charge in [0.05, 0.1) is 7.11 Å². The summed E-state index contributed by atoms with van der Waals surface area (Å²) in [7, 11) is 1.56. The van der Waals surface area contributed by atoms with Crippen LogP contribution in [0.5, 0.6) is 5.75 Å². The lowest BCUT2D eigenvalue weighted by atomic mass is 10.1. The van der Waals surface area contributed by atoms with Crippen LogP contribution in [0.15, 0.2) is 53.0 Å². The molecule has 2 aromatic carbocycles. The lowest BCUT2D eigenvalue weighted by Gasteiger charge is -2.05. The Morgan fingerprint density at radius 2 is 1.85 bits per heavy atom. The van der Waals surface area contributed by atoms with Crippen LogP contribution < -0.4 is 4.74 Å². The van der Waals surface area contributed by atoms with Crippen molar-refractivity contribution in [2.45, 2.75) is 19.8 Å². The minimum Gasteiger partial charge on any atom is -0.496 e. The van der Waals surface area contributed by atoms with Gasteiger partial charge in [-0.05, 0) is 36.3 Å². The molecule has 0 fully saturated rings. The van der Waals surface area contributed by atoms with Crippen LogP contribution in [0.2, 0.25) is 0 Å². The van der Waals surface area contributed by atoms with E-state index in [-0.39, 0.29) is 12.4 Å². The zero-order valence-electron chi connectivity index (χ0n) is 14.8. The van der Waals surface area contributed by atoms with E-state index in [1.165, 1.54) is 11.6 Å². The summed E-state index contributed by atoms with van der Waals surface area (Å²) in [4.78, 5) is 24.0. The highest BCUT2D eigenvalue weighted by molar-refractivity contribution is 9.10. The van der Waals surface area contributed by atoms with Gasteiger partial charge in [-0.3, -0.25) is 4.79 Å². The van der Waals surface area contributed by atoms with E-state index in [9.17, 15) is 9.59 Å². The number of aryl methyl sites for hydroxylation is 1. The highest BCUT2D eigenvalue weighted by Crippen LogP contribution is 2.24. The third kappa shape index (κ3) is 5.85. The van der Waals surface area contributed by atoms with Crippen LogP contribution in [0.25, 0.3) is 6.08 Å². The topological polar surface area (TPSA) is 52.6 Å². The first-order valence-corrected chi connectivity index (χ1v) is 9.13. The Bertz CT molecular complexity index is 794. The zero-order chi connectivity index (χ0) is 18.9. The van der Waals surface area contributed by atoms with Crippen molar-refractivity contribution < 1.29 is 19.1 Å². The summed E-state index contributed by atoms with van der Waals surface area (Å²) in [5, 5.41) is 0. The largest absolute Gasteiger partial charge is 0.496 e. The Morgan fingerprint density at radius 1 is 1.12 bits per heavy atom. The summed E-state index contributed by atoms with van der Waals surface area (Å²) in [5.74, 6) is -0.168. The molecule has 2 aromatic rings. The van der Waals surface area contributed by atoms with Gasteiger partial charge in [-0.25, -0.2) is 4.79 Å². The second-order valence-corrected chi connectivity index (χ2v) is 6.61. The van der Waals surface area contributed by atoms with Gasteiger partial charge in [-0.2, -0.15) is 0 Å². The van der Waals surface area contributed by atoms with Gasteiger partial charge in [0.15, 0.2) is 12.4 Å². The Morgan fingerprint density at radius 3 is 2.50 bits per heavy atom. The second kappa shape index (κ2) is 9.92. The Balaban J connectivity index is 1.92. The van der Waals surface area contributed by atoms with Gasteiger partial charge < -0.3 is 9.47 Å². The number of hydrogen-bond donors (Lipinski definition) is 0. The van der Waals surface area contributed by atoms with Crippen molar-refractivity contribution >= 4 is 33.8 Å². The molecule has 0 aromatic heterocycles. The van der Waals surface area contributed by atoms with Crippen LogP contribution in [0.3, 0.4) is 0 Å². The fraction of sp³-hybridized carbons (Fsp3) is 0.238. The molecule has 0 amide bonds. The van der Waals surface area contributed by atoms with Gasteiger partial charge in [0.25, 0.3) is 0 Å². The SMILES string of the molecule is CCCc1ccc(C(=O)COC(=O)/C=C/c2cc(Br)ccc2OC)cc1. The molecule has 0 spiro atoms. The molecule has 0 saturated heterocycles. The Hall–Kier alpha value is -2.40. The normalized spacial score (nSPS) is 10.7. The molecule has 26 heavy (non-hydrogen) atoms. The number of hydrogen-bond acceptors (Lipinski definition) is 4. The monoisotopic (exact) mass is 416 g/mol. The molecule has 136 valence electrons. The fourth-order valence-corrected chi connectivity index (χ4v) is 2.79. The summed E-state index contributed by atoms with van der Waals surface area (Å²) in [6.07, 6.45) is 4.91. The number of carbonyl (C=O) groups is 2. The second-order valence-electron chi connectivity index (χ2n) is 5.70. The summed E-state index contributed by atoms with van der Waals surface area (Å²) >= 11 is 3.37. The van der Waals surface area contributed by atoms with Gasteiger partial charge >= 0.3 is 5.97 Å². The smallest absolute Gasteiger partial charge is 0.331 e. The van der Waals surface area contributed by atoms with E-state index in [1.807, 2.05) is 24.3 Å². The summed E-state index contributed by atoms with van der Waals surface area (Å²) in [5.41, 5.74) is 2.46. The number of ketones is 1. The van der Waals surface area contributed by atoms with Crippen LogP contribution in [0.4, 0.5) is 0 Å². The molecular formula is C21H21BrO4. The third-order valence-corrected chi connectivity index (χ3v) is 4.24. The maximum absolute atomic E-state index is 12.1. The summed E-state index contributed by atoms with van der Waals surface area (Å²) < 4.78 is 11.1. The highest BCUT2D eigenvalue weighted by Gasteiger charge is 2.09. The van der Waals surface area contributed by atoms with E-state index in [1.54, 1.807) is 31.4 Å². The van der Waals surface area contributed by atoms with Gasteiger partial charge in [-0.15, -0.1) is 0 Å². The average molecular weight is 417 g/mol. The number of halogens is 1. The minimum absolute atomic E-state index is 0.227. The van der Waals surface area contributed by atoms with E-state index in [0.29, 0.717) is 11.3 Å². The van der Waals surface area contributed by atoms with Gasteiger partial charge in [0, 0.05) is 21.7 Å². The summed E-state index contributed by atoms with van der Waals surface area (Å²) in [6.45, 7) is 1.82. The first-order valence-electron chi connectivity index (χ1n) is 8.34. The quantitative estimate of drug-likeness (QED) is 0.350. The van der Waals surface area contributed by atoms with Crippen LogP contribution in [0.1, 0.15) is 34.8 Å². The zero-order valence-corrected chi connectivity index (χ0v) is 16.4. The number of methoxy groups -OCH3 is 1. The van der Waals surface area contributed by atoms with Gasteiger partial charge in [-0.1, -0.05) is 53.5 Å². The van der Waals surface area contributed by atoms with Crippen LogP contribution in [-0.4, -0.2) is 25.5 Å². The maximum atomic E-state index is 12.1. The average Bonchev–Trinajstić information content (AvgIpc) is 2.65. The molecule has 0 aliphatic carbocycles. The molecule has 4 nitrogen and oxygen atoms in total. The van der Waals surface area contributed by atoms with Crippen LogP contribution >= 0.6 is 15.9 Å². The van der Waals surface area contributed by atoms with E-state index in [2.05, 4.69) is 22.9 Å². The number of benzene rings is 2. The molecule has 0 saturated carbocycles. The molecule has 5 heteroatoms. The van der Waals surface area contributed by atoms with Gasteiger partial charge in [0.1, 0.15) is 5.75 Å². The van der Waals surface area contributed by atoms with Crippen molar-refractivity contribution in [3.8, 4) is 5.75 Å². The third-order valence-electron chi connectivity index (χ3n) is 3.75. The molecule has 0 heterocycles. The number of Topliss-reactive ketones (excluding diaryl/α,β-unsaturated/α-hetero) is 1. The lowest BCUT2D eigenvalue weighted by Crippen LogP contribution is -2.12. The predicted octanol–water partition coefficient (Wildman–Crippen LogP) is 4.85. The Kier molecular flexibility index (Phi) is 7.60. The standard InChI is InChI=1S/C21H21BrO4/c1-3-4-15-5-7-16(8-6-15)19(23)14-26-21(24)12-9-17-13-18(22)10-11-20(17)25-2/h5-13H,3-4,14H2,1-2H3/b12-9+. The molecule has 0 N–H and O–H groups in total. The number of esters is 1. The molecule has 0 aliphatic heterocycles. The minimum atomic E-state index is -0.581. The molecule has 0 atom stereocenters. The Labute approximate surface area is 162 Å². The van der Waals surface area contributed by atoms with Crippen LogP contribution in [0, 0.1) is 0 Å². The van der Waals surface area contributed by atoms with E-state index >= 15 is 0 Å².